The number of aliphatic hydroxyl groups excluding tert-OH is 1. The van der Waals surface area contributed by atoms with Gasteiger partial charge in [0.25, 0.3) is 5.91 Å². The molecule has 1 aliphatic rings. The Labute approximate surface area is 120 Å². The molecule has 1 fully saturated rings. The summed E-state index contributed by atoms with van der Waals surface area (Å²) in [6, 6.07) is 5.46. The van der Waals surface area contributed by atoms with Gasteiger partial charge in [0.15, 0.2) is 0 Å². The van der Waals surface area contributed by atoms with Crippen molar-refractivity contribution in [3.05, 3.63) is 34.9 Å². The molecule has 3 heteroatoms. The molecule has 0 bridgehead atoms. The van der Waals surface area contributed by atoms with Gasteiger partial charge in [-0.25, -0.2) is 0 Å². The van der Waals surface area contributed by atoms with E-state index < -0.39 is 0 Å². The topological polar surface area (TPSA) is 49.3 Å². The average molecular weight is 271 g/mol. The van der Waals surface area contributed by atoms with Gasteiger partial charge in [-0.1, -0.05) is 11.8 Å². The molecule has 0 aromatic heterocycles. The summed E-state index contributed by atoms with van der Waals surface area (Å²) in [6.07, 6.45) is 2.39. The average Bonchev–Trinajstić information content (AvgIpc) is 3.21. The molecule has 1 amide bonds. The maximum Gasteiger partial charge on any atom is 0.251 e. The van der Waals surface area contributed by atoms with Gasteiger partial charge in [-0.2, -0.15) is 0 Å². The van der Waals surface area contributed by atoms with Crippen molar-refractivity contribution in [1.82, 2.24) is 5.32 Å². The zero-order valence-corrected chi connectivity index (χ0v) is 12.3. The summed E-state index contributed by atoms with van der Waals surface area (Å²) in [5.41, 5.74) is 2.31. The van der Waals surface area contributed by atoms with E-state index in [0.29, 0.717) is 11.5 Å². The molecule has 1 aromatic rings. The van der Waals surface area contributed by atoms with Gasteiger partial charge >= 0.3 is 0 Å². The molecule has 106 valence electrons. The van der Waals surface area contributed by atoms with Gasteiger partial charge in [-0.05, 0) is 63.3 Å². The highest BCUT2D eigenvalue weighted by atomic mass is 16.2. The predicted molar refractivity (Wildman–Crippen MR) is 79.4 cm³/mol. The van der Waals surface area contributed by atoms with E-state index in [9.17, 15) is 4.79 Å². The van der Waals surface area contributed by atoms with Gasteiger partial charge < -0.3 is 10.4 Å². The molecule has 0 atom stereocenters. The summed E-state index contributed by atoms with van der Waals surface area (Å²) in [4.78, 5) is 12.3. The molecule has 0 radical (unpaired) electrons. The minimum Gasteiger partial charge on any atom is -0.384 e. The molecule has 0 spiro atoms. The van der Waals surface area contributed by atoms with Crippen molar-refractivity contribution < 1.29 is 9.90 Å². The fraction of sp³-hybridized carbons (Fsp3) is 0.471. The van der Waals surface area contributed by atoms with Gasteiger partial charge in [-0.3, -0.25) is 4.79 Å². The number of hydrogen-bond donors (Lipinski definition) is 2. The van der Waals surface area contributed by atoms with E-state index >= 15 is 0 Å². The fourth-order valence-corrected chi connectivity index (χ4v) is 2.35. The van der Waals surface area contributed by atoms with E-state index in [0.717, 1.165) is 11.1 Å². The molecule has 2 rings (SSSR count). The lowest BCUT2D eigenvalue weighted by Gasteiger charge is -2.26. The van der Waals surface area contributed by atoms with Crippen molar-refractivity contribution in [2.24, 2.45) is 5.92 Å². The molecule has 0 saturated heterocycles. The lowest BCUT2D eigenvalue weighted by Crippen LogP contribution is -2.45. The Morgan fingerprint density at radius 1 is 1.45 bits per heavy atom. The summed E-state index contributed by atoms with van der Waals surface area (Å²) >= 11 is 0. The number of hydrogen-bond acceptors (Lipinski definition) is 2. The summed E-state index contributed by atoms with van der Waals surface area (Å²) in [5, 5.41) is 11.8. The van der Waals surface area contributed by atoms with Gasteiger partial charge in [0, 0.05) is 16.7 Å². The minimum atomic E-state index is -0.156. The number of carbonyl (C=O) groups is 1. The predicted octanol–water partition coefficient (Wildman–Crippen LogP) is 2.26. The van der Waals surface area contributed by atoms with Crippen molar-refractivity contribution in [3.8, 4) is 11.8 Å². The highest BCUT2D eigenvalue weighted by Crippen LogP contribution is 2.39. The number of amides is 1. The molecule has 2 N–H and O–H groups in total. The normalized spacial score (nSPS) is 14.4. The van der Waals surface area contributed by atoms with E-state index in [4.69, 9.17) is 5.11 Å². The largest absolute Gasteiger partial charge is 0.384 e. The molecule has 0 unspecified atom stereocenters. The fourth-order valence-electron chi connectivity index (χ4n) is 2.35. The molecule has 1 aromatic carbocycles. The van der Waals surface area contributed by atoms with E-state index in [1.54, 1.807) is 6.07 Å². The summed E-state index contributed by atoms with van der Waals surface area (Å²) < 4.78 is 0. The molecular formula is C17H21NO2. The van der Waals surface area contributed by atoms with Crippen LogP contribution in [-0.4, -0.2) is 23.2 Å². The van der Waals surface area contributed by atoms with Crippen LogP contribution < -0.4 is 5.32 Å². The monoisotopic (exact) mass is 271 g/mol. The zero-order chi connectivity index (χ0) is 14.8. The van der Waals surface area contributed by atoms with Crippen LogP contribution in [0.25, 0.3) is 0 Å². The number of aliphatic hydroxyl groups is 1. The zero-order valence-electron chi connectivity index (χ0n) is 12.3. The molecule has 3 nitrogen and oxygen atoms in total. The van der Waals surface area contributed by atoms with Crippen molar-refractivity contribution >= 4 is 5.91 Å². The number of carbonyl (C=O) groups excluding carboxylic acids is 1. The van der Waals surface area contributed by atoms with E-state index in [2.05, 4.69) is 31.0 Å². The van der Waals surface area contributed by atoms with E-state index in [-0.39, 0.29) is 18.1 Å². The first-order chi connectivity index (χ1) is 9.44. The quantitative estimate of drug-likeness (QED) is 0.828. The maximum absolute atomic E-state index is 12.3. The number of benzene rings is 1. The number of nitrogens with one attached hydrogen (secondary N) is 1. The first-order valence-corrected chi connectivity index (χ1v) is 6.97. The van der Waals surface area contributed by atoms with Crippen LogP contribution in [0.2, 0.25) is 0 Å². The van der Waals surface area contributed by atoms with Crippen LogP contribution in [0.1, 0.15) is 48.2 Å². The van der Waals surface area contributed by atoms with Crippen LogP contribution in [0.5, 0.6) is 0 Å². The second-order valence-corrected chi connectivity index (χ2v) is 5.94. The van der Waals surface area contributed by atoms with Crippen LogP contribution in [0.15, 0.2) is 18.2 Å². The Morgan fingerprint density at radius 2 is 2.15 bits per heavy atom. The summed E-state index contributed by atoms with van der Waals surface area (Å²) in [5.74, 6) is 6.06. The molecule has 0 aliphatic heterocycles. The minimum absolute atomic E-state index is 0.0355. The summed E-state index contributed by atoms with van der Waals surface area (Å²) in [7, 11) is 0. The van der Waals surface area contributed by atoms with Crippen molar-refractivity contribution in [2.45, 2.75) is 39.2 Å². The Hall–Kier alpha value is -1.79. The van der Waals surface area contributed by atoms with Gasteiger partial charge in [0.1, 0.15) is 6.61 Å². The molecule has 1 saturated carbocycles. The van der Waals surface area contributed by atoms with Crippen LogP contribution in [0, 0.1) is 24.7 Å². The van der Waals surface area contributed by atoms with E-state index in [1.165, 1.54) is 12.8 Å². The standard InChI is InChI=1S/C17H21NO2/c1-12-11-14(7-6-13(12)5-4-10-19)16(20)18-17(2,3)15-8-9-15/h6-7,11,15,19H,8-10H2,1-3H3,(H,18,20). The number of aryl methyl sites for hydroxylation is 1. The highest BCUT2D eigenvalue weighted by Gasteiger charge is 2.38. The van der Waals surface area contributed by atoms with Crippen LogP contribution in [0.4, 0.5) is 0 Å². The first-order valence-electron chi connectivity index (χ1n) is 6.97. The smallest absolute Gasteiger partial charge is 0.251 e. The van der Waals surface area contributed by atoms with Gasteiger partial charge in [0.2, 0.25) is 0 Å². The van der Waals surface area contributed by atoms with Crippen LogP contribution in [-0.2, 0) is 0 Å². The lowest BCUT2D eigenvalue weighted by molar-refractivity contribution is 0.0903. The van der Waals surface area contributed by atoms with Crippen LogP contribution >= 0.6 is 0 Å². The number of rotatable bonds is 3. The summed E-state index contributed by atoms with van der Waals surface area (Å²) in [6.45, 7) is 5.93. The third-order valence-electron chi connectivity index (χ3n) is 3.82. The SMILES string of the molecule is Cc1cc(C(=O)NC(C)(C)C2CC2)ccc1C#CCO. The molecule has 1 aliphatic carbocycles. The molecule has 20 heavy (non-hydrogen) atoms. The Balaban J connectivity index is 2.12. The van der Waals surface area contributed by atoms with Crippen molar-refractivity contribution in [2.75, 3.05) is 6.61 Å². The van der Waals surface area contributed by atoms with Gasteiger partial charge in [0.05, 0.1) is 0 Å². The Kier molecular flexibility index (Phi) is 4.15. The second-order valence-electron chi connectivity index (χ2n) is 5.94. The molecule has 0 heterocycles. The maximum atomic E-state index is 12.3. The third kappa shape index (κ3) is 3.40. The Bertz CT molecular complexity index is 574. The van der Waals surface area contributed by atoms with Gasteiger partial charge in [-0.15, -0.1) is 0 Å². The van der Waals surface area contributed by atoms with Crippen molar-refractivity contribution in [1.29, 1.82) is 0 Å². The lowest BCUT2D eigenvalue weighted by atomic mass is 9.97. The van der Waals surface area contributed by atoms with Crippen molar-refractivity contribution in [3.63, 3.8) is 0 Å². The molecular weight excluding hydrogens is 250 g/mol. The van der Waals surface area contributed by atoms with E-state index in [1.807, 2.05) is 19.1 Å². The Morgan fingerprint density at radius 3 is 2.70 bits per heavy atom. The first kappa shape index (κ1) is 14.6. The third-order valence-corrected chi connectivity index (χ3v) is 3.82. The highest BCUT2D eigenvalue weighted by molar-refractivity contribution is 5.95. The second kappa shape index (κ2) is 5.68. The van der Waals surface area contributed by atoms with Crippen LogP contribution in [0.3, 0.4) is 0 Å².